The molecular weight excluding hydrogens is 668 g/mol. The predicted octanol–water partition coefficient (Wildman–Crippen LogP) is 6.13. The lowest BCUT2D eigenvalue weighted by Gasteiger charge is -2.47. The first-order valence-corrected chi connectivity index (χ1v) is 15.9. The second-order valence-corrected chi connectivity index (χ2v) is 12.2. The number of benzene rings is 3. The van der Waals surface area contributed by atoms with Crippen molar-refractivity contribution in [2.24, 2.45) is 0 Å². The summed E-state index contributed by atoms with van der Waals surface area (Å²) in [5.74, 6) is -4.09. The van der Waals surface area contributed by atoms with Crippen LogP contribution in [0.5, 0.6) is 0 Å². The van der Waals surface area contributed by atoms with E-state index in [1.165, 1.54) is 22.6 Å². The van der Waals surface area contributed by atoms with Gasteiger partial charge in [-0.3, -0.25) is 4.57 Å². The molecule has 1 N–H and O–H groups in total. The Morgan fingerprint density at radius 2 is 1.70 bits per heavy atom. The Morgan fingerprint density at radius 1 is 0.935 bits per heavy atom. The van der Waals surface area contributed by atoms with Crippen molar-refractivity contribution in [3.05, 3.63) is 106 Å². The number of hydrogen-bond donors (Lipinski definition) is 1. The van der Waals surface area contributed by atoms with Crippen LogP contribution in [0.3, 0.4) is 0 Å². The Morgan fingerprint density at radius 3 is 2.41 bits per heavy atom. The maximum atomic E-state index is 14.1. The van der Waals surface area contributed by atoms with E-state index < -0.39 is 54.2 Å². The van der Waals surface area contributed by atoms with Gasteiger partial charge in [0.1, 0.15) is 36.2 Å². The molecule has 2 aliphatic heterocycles. The van der Waals surface area contributed by atoms with Crippen LogP contribution in [0, 0.1) is 17.5 Å². The minimum atomic E-state index is -1.60. The third-order valence-corrected chi connectivity index (χ3v) is 9.17. The van der Waals surface area contributed by atoms with Gasteiger partial charge in [0.15, 0.2) is 34.7 Å². The van der Waals surface area contributed by atoms with Crippen LogP contribution in [-0.2, 0) is 14.2 Å². The number of thioether (sulfide) groups is 1. The van der Waals surface area contributed by atoms with Gasteiger partial charge < -0.3 is 19.3 Å². The number of hydrogen-bond acceptors (Lipinski definition) is 9. The molecule has 46 heavy (non-hydrogen) atoms. The van der Waals surface area contributed by atoms with Gasteiger partial charge in [-0.1, -0.05) is 70.5 Å². The highest BCUT2D eigenvalue weighted by Crippen LogP contribution is 2.44. The van der Waals surface area contributed by atoms with Crippen LogP contribution in [-0.4, -0.2) is 66.0 Å². The number of nitrogens with zero attached hydrogens (tertiary/aromatic N) is 6. The zero-order valence-electron chi connectivity index (χ0n) is 23.7. The number of ether oxygens (including phenoxy) is 3. The smallest absolute Gasteiger partial charge is 0.195 e. The SMILES string of the molecule is CSc1nnc([C@@H]2O[C@@H]3COC(c4ccccc4)O[C@@H]3[C@H](n3cc(-c4cc(F)c(F)c(F)c4)nn3)[C@H]2O)n1-c1ccc(Cl)c(Cl)c1. The molecule has 3 aromatic carbocycles. The van der Waals surface area contributed by atoms with Gasteiger partial charge >= 0.3 is 0 Å². The summed E-state index contributed by atoms with van der Waals surface area (Å²) in [7, 11) is 0. The van der Waals surface area contributed by atoms with Crippen molar-refractivity contribution >= 4 is 35.0 Å². The Balaban J connectivity index is 1.30. The summed E-state index contributed by atoms with van der Waals surface area (Å²) in [6.07, 6.45) is -1.60. The summed E-state index contributed by atoms with van der Waals surface area (Å²) in [5.41, 5.74) is 1.32. The number of rotatable bonds is 6. The normalized spacial score (nSPS) is 24.6. The van der Waals surface area contributed by atoms with Crippen molar-refractivity contribution in [1.29, 1.82) is 0 Å². The molecule has 7 rings (SSSR count). The molecule has 2 saturated heterocycles. The van der Waals surface area contributed by atoms with Gasteiger partial charge in [0, 0.05) is 11.1 Å². The number of aliphatic hydroxyl groups is 1. The molecule has 5 aromatic rings. The maximum Gasteiger partial charge on any atom is 0.195 e. The first kappa shape index (κ1) is 31.1. The minimum Gasteiger partial charge on any atom is -0.388 e. The van der Waals surface area contributed by atoms with E-state index in [2.05, 4.69) is 20.5 Å². The van der Waals surface area contributed by atoms with Gasteiger partial charge in [-0.15, -0.1) is 15.3 Å². The largest absolute Gasteiger partial charge is 0.388 e. The molecule has 0 aliphatic carbocycles. The van der Waals surface area contributed by atoms with Crippen LogP contribution in [0.15, 0.2) is 72.0 Å². The molecule has 0 radical (unpaired) electrons. The molecule has 1 unspecified atom stereocenters. The van der Waals surface area contributed by atoms with E-state index in [0.29, 0.717) is 20.9 Å². The van der Waals surface area contributed by atoms with Crippen molar-refractivity contribution in [3.63, 3.8) is 0 Å². The third kappa shape index (κ3) is 5.57. The summed E-state index contributed by atoms with van der Waals surface area (Å²) in [5, 5.41) is 30.2. The molecule has 4 heterocycles. The first-order chi connectivity index (χ1) is 22.2. The quantitative estimate of drug-likeness (QED) is 0.166. The summed E-state index contributed by atoms with van der Waals surface area (Å²) >= 11 is 13.8. The lowest BCUT2D eigenvalue weighted by atomic mass is 9.91. The molecule has 0 saturated carbocycles. The van der Waals surface area contributed by atoms with Gasteiger partial charge in [-0.25, -0.2) is 17.9 Å². The van der Waals surface area contributed by atoms with E-state index in [1.54, 1.807) is 22.8 Å². The van der Waals surface area contributed by atoms with E-state index in [4.69, 9.17) is 37.4 Å². The van der Waals surface area contributed by atoms with Crippen LogP contribution < -0.4 is 0 Å². The second-order valence-electron chi connectivity index (χ2n) is 10.6. The second kappa shape index (κ2) is 12.6. The average Bonchev–Trinajstić information content (AvgIpc) is 3.72. The van der Waals surface area contributed by atoms with Crippen LogP contribution >= 0.6 is 35.0 Å². The van der Waals surface area contributed by atoms with Crippen LogP contribution in [0.2, 0.25) is 10.0 Å². The molecule has 6 atom stereocenters. The molecule has 2 aliphatic rings. The predicted molar refractivity (Wildman–Crippen MR) is 161 cm³/mol. The number of aromatic nitrogens is 6. The van der Waals surface area contributed by atoms with Crippen LogP contribution in [0.1, 0.15) is 29.8 Å². The lowest BCUT2D eigenvalue weighted by molar-refractivity contribution is -0.319. The van der Waals surface area contributed by atoms with Crippen molar-refractivity contribution in [1.82, 2.24) is 29.8 Å². The van der Waals surface area contributed by atoms with Crippen molar-refractivity contribution < 1.29 is 32.5 Å². The number of aliphatic hydroxyl groups excluding tert-OH is 1. The zero-order valence-corrected chi connectivity index (χ0v) is 26.0. The molecule has 238 valence electrons. The Labute approximate surface area is 274 Å². The van der Waals surface area contributed by atoms with E-state index >= 15 is 0 Å². The summed E-state index contributed by atoms with van der Waals surface area (Å²) in [6, 6.07) is 14.9. The minimum absolute atomic E-state index is 0.0416. The first-order valence-electron chi connectivity index (χ1n) is 13.9. The van der Waals surface area contributed by atoms with E-state index in [0.717, 1.165) is 17.7 Å². The molecule has 10 nitrogen and oxygen atoms in total. The molecule has 0 spiro atoms. The molecule has 2 aromatic heterocycles. The Kier molecular flexibility index (Phi) is 8.52. The van der Waals surface area contributed by atoms with Gasteiger partial charge in [0.2, 0.25) is 0 Å². The monoisotopic (exact) mass is 690 g/mol. The summed E-state index contributed by atoms with van der Waals surface area (Å²) in [4.78, 5) is 0. The topological polar surface area (TPSA) is 109 Å². The van der Waals surface area contributed by atoms with Gasteiger partial charge in [0.05, 0.1) is 28.5 Å². The number of halogens is 5. The standard InChI is InChI=1S/C30H23Cl2F3N6O4S/c1-46-30-38-37-28(41(30)16-7-8-17(31)18(32)11-16)27-25(42)24(26-22(44-27)13-43-29(45-26)14-5-3-2-4-6-14)40-12-21(36-39-40)15-9-19(33)23(35)20(34)10-15/h2-12,22,24-27,29,42H,13H2,1H3/t22-,24-,25-,26+,27-,29?/m1/s1. The van der Waals surface area contributed by atoms with Gasteiger partial charge in [-0.05, 0) is 36.6 Å². The average molecular weight is 692 g/mol. The molecule has 2 fully saturated rings. The molecule has 16 heteroatoms. The van der Waals surface area contributed by atoms with E-state index in [9.17, 15) is 18.3 Å². The highest BCUT2D eigenvalue weighted by Gasteiger charge is 2.52. The Bertz CT molecular complexity index is 1880. The number of fused-ring (bicyclic) bond motifs is 1. The van der Waals surface area contributed by atoms with Crippen molar-refractivity contribution in [2.75, 3.05) is 12.9 Å². The lowest BCUT2D eigenvalue weighted by Crippen LogP contribution is -2.57. The third-order valence-electron chi connectivity index (χ3n) is 7.80. The fourth-order valence-electron chi connectivity index (χ4n) is 5.63. The zero-order chi connectivity index (χ0) is 32.1. The molecule has 0 amide bonds. The van der Waals surface area contributed by atoms with Gasteiger partial charge in [-0.2, -0.15) is 0 Å². The van der Waals surface area contributed by atoms with Crippen LogP contribution in [0.4, 0.5) is 13.2 Å². The highest BCUT2D eigenvalue weighted by atomic mass is 35.5. The van der Waals surface area contributed by atoms with Crippen molar-refractivity contribution in [3.8, 4) is 16.9 Å². The highest BCUT2D eigenvalue weighted by molar-refractivity contribution is 7.98. The van der Waals surface area contributed by atoms with Gasteiger partial charge in [0.25, 0.3) is 0 Å². The maximum absolute atomic E-state index is 14.1. The molecular formula is C30H23Cl2F3N6O4S. The summed E-state index contributed by atoms with van der Waals surface area (Å²) < 4.78 is 63.7. The van der Waals surface area contributed by atoms with E-state index in [1.807, 2.05) is 36.6 Å². The van der Waals surface area contributed by atoms with E-state index in [-0.39, 0.29) is 23.7 Å². The fourth-order valence-corrected chi connectivity index (χ4v) is 6.43. The summed E-state index contributed by atoms with van der Waals surface area (Å²) in [6.45, 7) is 0.0795. The van der Waals surface area contributed by atoms with Crippen molar-refractivity contribution in [2.45, 2.75) is 41.9 Å². The van der Waals surface area contributed by atoms with Crippen LogP contribution in [0.25, 0.3) is 16.9 Å². The molecule has 0 bridgehead atoms. The fraction of sp³-hybridized carbons (Fsp3) is 0.267. The Hall–Kier alpha value is -3.50.